The molecule has 23 heavy (non-hydrogen) atoms. The lowest BCUT2D eigenvalue weighted by Gasteiger charge is -2.28. The summed E-state index contributed by atoms with van der Waals surface area (Å²) in [5, 5.41) is 0. The average Bonchev–Trinajstić information content (AvgIpc) is 3.28. The van der Waals surface area contributed by atoms with Crippen LogP contribution in [0.4, 0.5) is 0 Å². The number of carbonyl (C=O) groups is 2. The van der Waals surface area contributed by atoms with E-state index in [2.05, 4.69) is 0 Å². The van der Waals surface area contributed by atoms with Crippen molar-refractivity contribution in [3.63, 3.8) is 0 Å². The highest BCUT2D eigenvalue weighted by Gasteiger charge is 2.44. The molecule has 3 unspecified atom stereocenters. The van der Waals surface area contributed by atoms with Crippen LogP contribution < -0.4 is 0 Å². The van der Waals surface area contributed by atoms with Crippen LogP contribution in [-0.4, -0.2) is 47.8 Å². The van der Waals surface area contributed by atoms with Crippen molar-refractivity contribution in [2.75, 3.05) is 26.2 Å². The van der Waals surface area contributed by atoms with E-state index in [0.717, 1.165) is 25.3 Å². The molecule has 124 valence electrons. The van der Waals surface area contributed by atoms with E-state index >= 15 is 0 Å². The molecule has 3 aliphatic rings. The van der Waals surface area contributed by atoms with Gasteiger partial charge in [-0.1, -0.05) is 6.42 Å². The maximum Gasteiger partial charge on any atom is 0.257 e. The largest absolute Gasteiger partial charge is 0.472 e. The van der Waals surface area contributed by atoms with Gasteiger partial charge in [-0.15, -0.1) is 0 Å². The van der Waals surface area contributed by atoms with Crippen LogP contribution in [0, 0.1) is 17.8 Å². The van der Waals surface area contributed by atoms with E-state index in [-0.39, 0.29) is 11.8 Å². The van der Waals surface area contributed by atoms with E-state index in [4.69, 9.17) is 4.42 Å². The van der Waals surface area contributed by atoms with Crippen LogP contribution in [0.5, 0.6) is 0 Å². The first-order valence-electron chi connectivity index (χ1n) is 8.82. The Morgan fingerprint density at radius 2 is 1.87 bits per heavy atom. The minimum absolute atomic E-state index is 0.00738. The maximum absolute atomic E-state index is 12.9. The molecule has 2 aliphatic carbocycles. The molecule has 0 aromatic carbocycles. The highest BCUT2D eigenvalue weighted by Crippen LogP contribution is 2.48. The number of hydrogen-bond acceptors (Lipinski definition) is 3. The Labute approximate surface area is 136 Å². The van der Waals surface area contributed by atoms with Crippen molar-refractivity contribution in [1.29, 1.82) is 0 Å². The Bertz CT molecular complexity index is 583. The molecule has 1 aromatic heterocycles. The highest BCUT2D eigenvalue weighted by atomic mass is 16.3. The molecule has 4 rings (SSSR count). The summed E-state index contributed by atoms with van der Waals surface area (Å²) in [6.45, 7) is 2.78. The quantitative estimate of drug-likeness (QED) is 0.842. The molecule has 1 aliphatic heterocycles. The van der Waals surface area contributed by atoms with Gasteiger partial charge >= 0.3 is 0 Å². The van der Waals surface area contributed by atoms with Crippen molar-refractivity contribution in [2.24, 2.45) is 17.8 Å². The van der Waals surface area contributed by atoms with Crippen LogP contribution in [0.1, 0.15) is 42.5 Å². The molecule has 0 N–H and O–H groups in total. The van der Waals surface area contributed by atoms with Gasteiger partial charge < -0.3 is 14.2 Å². The van der Waals surface area contributed by atoms with E-state index in [0.29, 0.717) is 37.0 Å². The number of fused-ring (bicyclic) bond motifs is 2. The first-order valence-corrected chi connectivity index (χ1v) is 8.82. The van der Waals surface area contributed by atoms with Gasteiger partial charge in [-0.25, -0.2) is 0 Å². The van der Waals surface area contributed by atoms with Crippen molar-refractivity contribution in [3.05, 3.63) is 24.2 Å². The molecule has 2 bridgehead atoms. The maximum atomic E-state index is 12.9. The van der Waals surface area contributed by atoms with E-state index in [1.807, 2.05) is 9.80 Å². The molecule has 5 heteroatoms. The topological polar surface area (TPSA) is 53.8 Å². The Balaban J connectivity index is 1.37. The predicted molar refractivity (Wildman–Crippen MR) is 84.7 cm³/mol. The molecule has 2 heterocycles. The van der Waals surface area contributed by atoms with E-state index in [9.17, 15) is 9.59 Å². The molecular formula is C18H24N2O3. The van der Waals surface area contributed by atoms with Gasteiger partial charge in [-0.3, -0.25) is 9.59 Å². The molecule has 1 saturated heterocycles. The molecule has 2 amide bonds. The number of nitrogens with zero attached hydrogens (tertiary/aromatic N) is 2. The molecule has 3 atom stereocenters. The molecular weight excluding hydrogens is 292 g/mol. The van der Waals surface area contributed by atoms with Crippen molar-refractivity contribution in [3.8, 4) is 0 Å². The third kappa shape index (κ3) is 2.77. The van der Waals surface area contributed by atoms with Crippen LogP contribution in [0.15, 0.2) is 23.0 Å². The fourth-order valence-corrected chi connectivity index (χ4v) is 4.69. The third-order valence-corrected chi connectivity index (χ3v) is 5.92. The summed E-state index contributed by atoms with van der Waals surface area (Å²) in [6, 6.07) is 1.70. The van der Waals surface area contributed by atoms with Crippen molar-refractivity contribution in [1.82, 2.24) is 9.80 Å². The second-order valence-electron chi connectivity index (χ2n) is 7.26. The third-order valence-electron chi connectivity index (χ3n) is 5.92. The summed E-state index contributed by atoms with van der Waals surface area (Å²) < 4.78 is 5.00. The van der Waals surface area contributed by atoms with Gasteiger partial charge in [0.25, 0.3) is 5.91 Å². The lowest BCUT2D eigenvalue weighted by Crippen LogP contribution is -2.41. The lowest BCUT2D eigenvalue weighted by atomic mass is 9.87. The van der Waals surface area contributed by atoms with Crippen LogP contribution >= 0.6 is 0 Å². The number of carbonyl (C=O) groups excluding carboxylic acids is 2. The monoisotopic (exact) mass is 316 g/mol. The minimum Gasteiger partial charge on any atom is -0.472 e. The van der Waals surface area contributed by atoms with Gasteiger partial charge in [0.2, 0.25) is 5.91 Å². The summed E-state index contributed by atoms with van der Waals surface area (Å²) in [4.78, 5) is 29.1. The van der Waals surface area contributed by atoms with Gasteiger partial charge in [0.15, 0.2) is 0 Å². The van der Waals surface area contributed by atoms with Gasteiger partial charge in [-0.05, 0) is 43.6 Å². The zero-order valence-corrected chi connectivity index (χ0v) is 13.4. The highest BCUT2D eigenvalue weighted by molar-refractivity contribution is 5.93. The van der Waals surface area contributed by atoms with E-state index in [1.54, 1.807) is 6.07 Å². The van der Waals surface area contributed by atoms with Crippen LogP contribution in [0.25, 0.3) is 0 Å². The number of furan rings is 1. The first-order chi connectivity index (χ1) is 11.2. The first kappa shape index (κ1) is 14.8. The standard InChI is InChI=1S/C18H24N2O3/c21-17(15-4-9-23-12-15)19-5-1-6-20(8-7-19)18(22)16-11-13-2-3-14(16)10-13/h4,9,12-14,16H,1-3,5-8,10-11H2. The zero-order chi connectivity index (χ0) is 15.8. The summed E-state index contributed by atoms with van der Waals surface area (Å²) in [6.07, 6.45) is 8.78. The Kier molecular flexibility index (Phi) is 3.87. The van der Waals surface area contributed by atoms with Gasteiger partial charge in [-0.2, -0.15) is 0 Å². The number of hydrogen-bond donors (Lipinski definition) is 0. The summed E-state index contributed by atoms with van der Waals surface area (Å²) >= 11 is 0. The number of rotatable bonds is 2. The Hall–Kier alpha value is -1.78. The van der Waals surface area contributed by atoms with Crippen molar-refractivity contribution >= 4 is 11.8 Å². The summed E-state index contributed by atoms with van der Waals surface area (Å²) in [7, 11) is 0. The molecule has 0 radical (unpaired) electrons. The Morgan fingerprint density at radius 3 is 2.57 bits per heavy atom. The molecule has 3 fully saturated rings. The normalized spacial score (nSPS) is 30.5. The number of amides is 2. The van der Waals surface area contributed by atoms with Crippen molar-refractivity contribution in [2.45, 2.75) is 32.1 Å². The second-order valence-corrected chi connectivity index (χ2v) is 7.26. The predicted octanol–water partition coefficient (Wildman–Crippen LogP) is 2.39. The molecule has 0 spiro atoms. The smallest absolute Gasteiger partial charge is 0.257 e. The van der Waals surface area contributed by atoms with E-state index < -0.39 is 0 Å². The second kappa shape index (κ2) is 6.02. The molecule has 2 saturated carbocycles. The van der Waals surface area contributed by atoms with Gasteiger partial charge in [0.05, 0.1) is 11.8 Å². The average molecular weight is 316 g/mol. The van der Waals surface area contributed by atoms with Gasteiger partial charge in [0, 0.05) is 32.1 Å². The van der Waals surface area contributed by atoms with Gasteiger partial charge in [0.1, 0.15) is 6.26 Å². The summed E-state index contributed by atoms with van der Waals surface area (Å²) in [5.41, 5.74) is 0.595. The molecule has 5 nitrogen and oxygen atoms in total. The van der Waals surface area contributed by atoms with Crippen LogP contribution in [0.3, 0.4) is 0 Å². The molecule has 1 aromatic rings. The van der Waals surface area contributed by atoms with Crippen LogP contribution in [0.2, 0.25) is 0 Å². The van der Waals surface area contributed by atoms with Crippen LogP contribution in [-0.2, 0) is 4.79 Å². The lowest BCUT2D eigenvalue weighted by molar-refractivity contribution is -0.137. The fourth-order valence-electron chi connectivity index (χ4n) is 4.69. The zero-order valence-electron chi connectivity index (χ0n) is 13.4. The SMILES string of the molecule is O=C(c1ccoc1)N1CCCN(C(=O)C2CC3CCC2C3)CC1. The Morgan fingerprint density at radius 1 is 1.04 bits per heavy atom. The fraction of sp³-hybridized carbons (Fsp3) is 0.667. The van der Waals surface area contributed by atoms with E-state index in [1.165, 1.54) is 31.8 Å². The minimum atomic E-state index is 0.00738. The van der Waals surface area contributed by atoms with Crippen molar-refractivity contribution < 1.29 is 14.0 Å². The summed E-state index contributed by atoms with van der Waals surface area (Å²) in [5.74, 6) is 2.02.